The summed E-state index contributed by atoms with van der Waals surface area (Å²) in [6.07, 6.45) is 1.60. The standard InChI is InChI=1S/C22H23N3O4S/c1-27-16-3-4-17-20(13-16)30-22(24-17)25-8-6-14(7-9-25)21(26)23-15-2-5-18-19(12-15)29-11-10-28-18/h2-5,12-14H,6-11H2,1H3,(H,23,26). The number of piperidine rings is 1. The van der Waals surface area contributed by atoms with Gasteiger partial charge in [0.2, 0.25) is 5.91 Å². The van der Waals surface area contributed by atoms with Gasteiger partial charge in [-0.3, -0.25) is 4.79 Å². The Bertz CT molecular complexity index is 1080. The smallest absolute Gasteiger partial charge is 0.227 e. The molecular formula is C22H23N3O4S. The maximum Gasteiger partial charge on any atom is 0.227 e. The first-order chi connectivity index (χ1) is 14.7. The molecule has 1 saturated heterocycles. The number of carbonyl (C=O) groups is 1. The summed E-state index contributed by atoms with van der Waals surface area (Å²) in [5.41, 5.74) is 1.72. The van der Waals surface area contributed by atoms with Gasteiger partial charge in [-0.15, -0.1) is 0 Å². The van der Waals surface area contributed by atoms with Gasteiger partial charge in [0.1, 0.15) is 19.0 Å². The molecule has 2 aliphatic rings. The predicted octanol–water partition coefficient (Wildman–Crippen LogP) is 3.93. The SMILES string of the molecule is COc1ccc2nc(N3CCC(C(=O)Nc4ccc5c(c4)OCCO5)CC3)sc2c1. The second kappa shape index (κ2) is 8.02. The van der Waals surface area contributed by atoms with Crippen LogP contribution < -0.4 is 24.4 Å². The monoisotopic (exact) mass is 425 g/mol. The van der Waals surface area contributed by atoms with E-state index in [0.29, 0.717) is 19.0 Å². The zero-order valence-electron chi connectivity index (χ0n) is 16.7. The molecular weight excluding hydrogens is 402 g/mol. The summed E-state index contributed by atoms with van der Waals surface area (Å²) < 4.78 is 17.5. The van der Waals surface area contributed by atoms with E-state index in [1.165, 1.54) is 0 Å². The fourth-order valence-electron chi connectivity index (χ4n) is 3.85. The van der Waals surface area contributed by atoms with E-state index in [0.717, 1.165) is 58.5 Å². The molecule has 1 amide bonds. The Morgan fingerprint density at radius 2 is 1.93 bits per heavy atom. The number of aromatic nitrogens is 1. The molecule has 5 rings (SSSR count). The van der Waals surface area contributed by atoms with Gasteiger partial charge >= 0.3 is 0 Å². The lowest BCUT2D eigenvalue weighted by Crippen LogP contribution is -2.38. The molecule has 156 valence electrons. The lowest BCUT2D eigenvalue weighted by atomic mass is 9.96. The average molecular weight is 426 g/mol. The Morgan fingerprint density at radius 1 is 1.13 bits per heavy atom. The molecule has 1 fully saturated rings. The van der Waals surface area contributed by atoms with Crippen LogP contribution in [0.4, 0.5) is 10.8 Å². The van der Waals surface area contributed by atoms with Gasteiger partial charge in [0, 0.05) is 30.8 Å². The zero-order chi connectivity index (χ0) is 20.5. The van der Waals surface area contributed by atoms with E-state index < -0.39 is 0 Å². The number of benzene rings is 2. The number of methoxy groups -OCH3 is 1. The van der Waals surface area contributed by atoms with Gasteiger partial charge in [-0.25, -0.2) is 4.98 Å². The molecule has 2 aliphatic heterocycles. The summed E-state index contributed by atoms with van der Waals surface area (Å²) in [5.74, 6) is 2.29. The van der Waals surface area contributed by atoms with Crippen LogP contribution in [0.1, 0.15) is 12.8 Å². The van der Waals surface area contributed by atoms with Gasteiger partial charge in [-0.05, 0) is 43.2 Å². The lowest BCUT2D eigenvalue weighted by Gasteiger charge is -2.31. The number of ether oxygens (including phenoxy) is 3. The fraction of sp³-hybridized carbons (Fsp3) is 0.364. The first-order valence-corrected chi connectivity index (χ1v) is 10.9. The Hall–Kier alpha value is -3.00. The summed E-state index contributed by atoms with van der Waals surface area (Å²) in [6.45, 7) is 2.72. The van der Waals surface area contributed by atoms with Crippen molar-refractivity contribution < 1.29 is 19.0 Å². The molecule has 3 heterocycles. The van der Waals surface area contributed by atoms with Crippen LogP contribution >= 0.6 is 11.3 Å². The largest absolute Gasteiger partial charge is 0.497 e. The fourth-order valence-corrected chi connectivity index (χ4v) is 4.90. The summed E-state index contributed by atoms with van der Waals surface area (Å²) in [4.78, 5) is 19.8. The quantitative estimate of drug-likeness (QED) is 0.683. The molecule has 0 unspecified atom stereocenters. The van der Waals surface area contributed by atoms with E-state index in [2.05, 4.69) is 10.2 Å². The molecule has 0 bridgehead atoms. The Kier molecular flexibility index (Phi) is 5.08. The Labute approximate surface area is 178 Å². The summed E-state index contributed by atoms with van der Waals surface area (Å²) >= 11 is 1.67. The maximum absolute atomic E-state index is 12.8. The number of nitrogens with zero attached hydrogens (tertiary/aromatic N) is 2. The summed E-state index contributed by atoms with van der Waals surface area (Å²) in [7, 11) is 1.67. The molecule has 7 nitrogen and oxygen atoms in total. The van der Waals surface area contributed by atoms with E-state index in [1.807, 2.05) is 36.4 Å². The first-order valence-electron chi connectivity index (χ1n) is 10.1. The van der Waals surface area contributed by atoms with E-state index in [-0.39, 0.29) is 11.8 Å². The van der Waals surface area contributed by atoms with Crippen LogP contribution in [0, 0.1) is 5.92 Å². The lowest BCUT2D eigenvalue weighted by molar-refractivity contribution is -0.120. The highest BCUT2D eigenvalue weighted by Gasteiger charge is 2.27. The first kappa shape index (κ1) is 19.0. The average Bonchev–Trinajstić information content (AvgIpc) is 3.22. The van der Waals surface area contributed by atoms with E-state index in [9.17, 15) is 4.79 Å². The predicted molar refractivity (Wildman–Crippen MR) is 117 cm³/mol. The number of thiazole rings is 1. The van der Waals surface area contributed by atoms with Gasteiger partial charge in [0.15, 0.2) is 16.6 Å². The molecule has 3 aromatic rings. The summed E-state index contributed by atoms with van der Waals surface area (Å²) in [5, 5.41) is 4.03. The van der Waals surface area contributed by atoms with Gasteiger partial charge < -0.3 is 24.4 Å². The van der Waals surface area contributed by atoms with Crippen LogP contribution in [-0.4, -0.2) is 44.3 Å². The second-order valence-electron chi connectivity index (χ2n) is 7.44. The molecule has 0 saturated carbocycles. The number of nitrogens with one attached hydrogen (secondary N) is 1. The minimum atomic E-state index is -0.0103. The normalized spacial score (nSPS) is 16.5. The van der Waals surface area contributed by atoms with Crippen molar-refractivity contribution in [1.29, 1.82) is 0 Å². The number of rotatable bonds is 4. The van der Waals surface area contributed by atoms with Crippen LogP contribution in [0.2, 0.25) is 0 Å². The van der Waals surface area contributed by atoms with Gasteiger partial charge in [-0.2, -0.15) is 0 Å². The topological polar surface area (TPSA) is 72.9 Å². The third-order valence-corrected chi connectivity index (χ3v) is 6.61. The zero-order valence-corrected chi connectivity index (χ0v) is 17.5. The third-order valence-electron chi connectivity index (χ3n) is 5.53. The number of fused-ring (bicyclic) bond motifs is 2. The minimum absolute atomic E-state index is 0.0103. The van der Waals surface area contributed by atoms with Crippen molar-refractivity contribution in [3.05, 3.63) is 36.4 Å². The van der Waals surface area contributed by atoms with Gasteiger partial charge in [0.05, 0.1) is 17.3 Å². The van der Waals surface area contributed by atoms with Crippen LogP contribution in [0.3, 0.4) is 0 Å². The van der Waals surface area contributed by atoms with Crippen molar-refractivity contribution in [3.63, 3.8) is 0 Å². The minimum Gasteiger partial charge on any atom is -0.497 e. The van der Waals surface area contributed by atoms with E-state index >= 15 is 0 Å². The van der Waals surface area contributed by atoms with Crippen molar-refractivity contribution in [3.8, 4) is 17.2 Å². The molecule has 8 heteroatoms. The summed E-state index contributed by atoms with van der Waals surface area (Å²) in [6, 6.07) is 11.5. The molecule has 0 atom stereocenters. The molecule has 0 radical (unpaired) electrons. The Balaban J connectivity index is 1.21. The Morgan fingerprint density at radius 3 is 2.73 bits per heavy atom. The molecule has 30 heavy (non-hydrogen) atoms. The molecule has 1 N–H and O–H groups in total. The van der Waals surface area contributed by atoms with Crippen LogP contribution in [-0.2, 0) is 4.79 Å². The van der Waals surface area contributed by atoms with Crippen molar-refractivity contribution >= 4 is 38.3 Å². The van der Waals surface area contributed by atoms with Gasteiger partial charge in [0.25, 0.3) is 0 Å². The van der Waals surface area contributed by atoms with Crippen molar-refractivity contribution in [2.45, 2.75) is 12.8 Å². The second-order valence-corrected chi connectivity index (χ2v) is 8.45. The van der Waals surface area contributed by atoms with Crippen molar-refractivity contribution in [2.75, 3.05) is 43.6 Å². The highest BCUT2D eigenvalue weighted by atomic mass is 32.1. The van der Waals surface area contributed by atoms with Crippen LogP contribution in [0.15, 0.2) is 36.4 Å². The van der Waals surface area contributed by atoms with Crippen molar-refractivity contribution in [2.24, 2.45) is 5.92 Å². The van der Waals surface area contributed by atoms with Crippen LogP contribution in [0.25, 0.3) is 10.2 Å². The van der Waals surface area contributed by atoms with Crippen molar-refractivity contribution in [1.82, 2.24) is 4.98 Å². The van der Waals surface area contributed by atoms with Gasteiger partial charge in [-0.1, -0.05) is 11.3 Å². The number of hydrogen-bond donors (Lipinski definition) is 1. The molecule has 0 spiro atoms. The van der Waals surface area contributed by atoms with E-state index in [1.54, 1.807) is 18.4 Å². The molecule has 1 aromatic heterocycles. The van der Waals surface area contributed by atoms with Crippen LogP contribution in [0.5, 0.6) is 17.2 Å². The number of anilines is 2. The third kappa shape index (κ3) is 3.75. The highest BCUT2D eigenvalue weighted by molar-refractivity contribution is 7.22. The number of carbonyl (C=O) groups excluding carboxylic acids is 1. The number of amides is 1. The van der Waals surface area contributed by atoms with E-state index in [4.69, 9.17) is 19.2 Å². The molecule has 0 aliphatic carbocycles. The highest BCUT2D eigenvalue weighted by Crippen LogP contribution is 2.35. The number of hydrogen-bond acceptors (Lipinski definition) is 7. The molecule has 2 aromatic carbocycles. The maximum atomic E-state index is 12.8.